The molecule has 0 unspecified atom stereocenters. The molecule has 0 aliphatic heterocycles. The molecule has 10 heavy (non-hydrogen) atoms. The van der Waals surface area contributed by atoms with Gasteiger partial charge in [-0.25, -0.2) is 0 Å². The summed E-state index contributed by atoms with van der Waals surface area (Å²) < 4.78 is 4.84. The Balaban J connectivity index is 2.95. The first-order valence-corrected chi connectivity index (χ1v) is 3.05. The predicted molar refractivity (Wildman–Crippen MR) is 36.5 cm³/mol. The van der Waals surface area contributed by atoms with Gasteiger partial charge < -0.3 is 4.52 Å². The smallest absolute Gasteiger partial charge is 0.187 e. The molecule has 0 aliphatic carbocycles. The second kappa shape index (κ2) is 1.80. The second-order valence-electron chi connectivity index (χ2n) is 2.19. The van der Waals surface area contributed by atoms with E-state index in [1.54, 1.807) is 0 Å². The molecule has 0 fully saturated rings. The number of rotatable bonds is 0. The summed E-state index contributed by atoms with van der Waals surface area (Å²) in [6.07, 6.45) is 0. The minimum absolute atomic E-state index is 0.750. The quantitative estimate of drug-likeness (QED) is 0.548. The maximum Gasteiger partial charge on any atom is 0.187 e. The highest BCUT2D eigenvalue weighted by Crippen LogP contribution is 2.13. The van der Waals surface area contributed by atoms with Gasteiger partial charge in [0.2, 0.25) is 0 Å². The van der Waals surface area contributed by atoms with Crippen molar-refractivity contribution in [3.8, 4) is 0 Å². The van der Waals surface area contributed by atoms with Crippen molar-refractivity contribution in [3.63, 3.8) is 0 Å². The molecule has 1 heterocycles. The molecule has 0 radical (unpaired) electrons. The van der Waals surface area contributed by atoms with E-state index in [1.807, 2.05) is 25.1 Å². The van der Waals surface area contributed by atoms with Crippen LogP contribution in [-0.4, -0.2) is 10.4 Å². The summed E-state index contributed by atoms with van der Waals surface area (Å²) in [5.41, 5.74) is 2.70. The third-order valence-electron chi connectivity index (χ3n) is 1.48. The van der Waals surface area contributed by atoms with Crippen LogP contribution < -0.4 is 0 Å². The lowest BCUT2D eigenvalue weighted by Gasteiger charge is -1.86. The first-order chi connectivity index (χ1) is 4.88. The fourth-order valence-electron chi connectivity index (χ4n) is 0.939. The van der Waals surface area contributed by atoms with Gasteiger partial charge in [0.25, 0.3) is 0 Å². The molecule has 0 saturated carbocycles. The molecule has 50 valence electrons. The van der Waals surface area contributed by atoms with Crippen molar-refractivity contribution in [2.75, 3.05) is 0 Å². The molecule has 0 spiro atoms. The third-order valence-corrected chi connectivity index (χ3v) is 1.48. The van der Waals surface area contributed by atoms with E-state index < -0.39 is 0 Å². The second-order valence-corrected chi connectivity index (χ2v) is 2.19. The number of nitrogens with zero attached hydrogens (tertiary/aromatic N) is 2. The van der Waals surface area contributed by atoms with Crippen molar-refractivity contribution < 1.29 is 4.52 Å². The Morgan fingerprint density at radius 2 is 2.30 bits per heavy atom. The lowest BCUT2D eigenvalue weighted by molar-refractivity contribution is 0.424. The summed E-state index contributed by atoms with van der Waals surface area (Å²) in [5.74, 6) is 0. The van der Waals surface area contributed by atoms with Crippen LogP contribution in [0.1, 0.15) is 5.56 Å². The Morgan fingerprint density at radius 3 is 3.10 bits per heavy atom. The maximum atomic E-state index is 4.84. The molecular formula is C7H6N2O. The molecule has 0 aliphatic rings. The van der Waals surface area contributed by atoms with Crippen molar-refractivity contribution >= 4 is 11.1 Å². The van der Waals surface area contributed by atoms with Gasteiger partial charge >= 0.3 is 0 Å². The van der Waals surface area contributed by atoms with Gasteiger partial charge in [-0.15, -0.1) is 5.10 Å². The Bertz CT molecular complexity index is 353. The van der Waals surface area contributed by atoms with Crippen LogP contribution >= 0.6 is 0 Å². The summed E-state index contributed by atoms with van der Waals surface area (Å²) in [6.45, 7) is 1.98. The zero-order valence-corrected chi connectivity index (χ0v) is 5.53. The van der Waals surface area contributed by atoms with Crippen LogP contribution in [0.3, 0.4) is 0 Å². The highest BCUT2D eigenvalue weighted by atomic mass is 16.5. The van der Waals surface area contributed by atoms with Crippen LogP contribution in [0.4, 0.5) is 0 Å². The van der Waals surface area contributed by atoms with E-state index in [9.17, 15) is 0 Å². The van der Waals surface area contributed by atoms with Gasteiger partial charge in [-0.2, -0.15) is 0 Å². The summed E-state index contributed by atoms with van der Waals surface area (Å²) >= 11 is 0. The number of hydrogen-bond acceptors (Lipinski definition) is 3. The van der Waals surface area contributed by atoms with E-state index in [2.05, 4.69) is 10.4 Å². The average Bonchev–Trinajstić information content (AvgIpc) is 2.36. The van der Waals surface area contributed by atoms with Gasteiger partial charge in [0, 0.05) is 5.27 Å². The highest BCUT2D eigenvalue weighted by Gasteiger charge is 1.99. The van der Waals surface area contributed by atoms with Crippen molar-refractivity contribution in [3.05, 3.63) is 23.8 Å². The first-order valence-electron chi connectivity index (χ1n) is 3.05. The largest absolute Gasteiger partial charge is 0.337 e. The Kier molecular flexibility index (Phi) is 0.974. The van der Waals surface area contributed by atoms with Crippen molar-refractivity contribution in [1.29, 1.82) is 0 Å². The fraction of sp³-hybridized carbons (Fsp3) is 0.143. The van der Waals surface area contributed by atoms with E-state index >= 15 is 0 Å². The minimum Gasteiger partial charge on any atom is -0.337 e. The maximum absolute atomic E-state index is 4.84. The summed E-state index contributed by atoms with van der Waals surface area (Å²) in [4.78, 5) is 0. The molecule has 0 saturated heterocycles. The normalized spacial score (nSPS) is 10.5. The third kappa shape index (κ3) is 0.603. The summed E-state index contributed by atoms with van der Waals surface area (Å²) in [5, 5.41) is 7.24. The van der Waals surface area contributed by atoms with Gasteiger partial charge in [0.05, 0.1) is 0 Å². The van der Waals surface area contributed by atoms with Crippen LogP contribution in [0.15, 0.2) is 22.7 Å². The average molecular weight is 134 g/mol. The SMILES string of the molecule is Cc1cccc2onnc12. The summed E-state index contributed by atoms with van der Waals surface area (Å²) in [7, 11) is 0. The lowest BCUT2D eigenvalue weighted by atomic mass is 10.2. The van der Waals surface area contributed by atoms with Crippen LogP contribution in [0.2, 0.25) is 0 Å². The van der Waals surface area contributed by atoms with Crippen molar-refractivity contribution in [2.45, 2.75) is 6.92 Å². The topological polar surface area (TPSA) is 38.9 Å². The minimum atomic E-state index is 0.750. The van der Waals surface area contributed by atoms with Gasteiger partial charge in [-0.05, 0) is 18.6 Å². The number of aromatic nitrogens is 2. The molecule has 0 amide bonds. The standard InChI is InChI=1S/C7H6N2O/c1-5-3-2-4-6-7(5)8-9-10-6/h2-4H,1H3. The van der Waals surface area contributed by atoms with E-state index in [0.29, 0.717) is 0 Å². The lowest BCUT2D eigenvalue weighted by Crippen LogP contribution is -1.73. The molecular weight excluding hydrogens is 128 g/mol. The van der Waals surface area contributed by atoms with Gasteiger partial charge in [-0.1, -0.05) is 12.1 Å². The molecule has 0 N–H and O–H groups in total. The van der Waals surface area contributed by atoms with Gasteiger partial charge in [0.15, 0.2) is 5.58 Å². The molecule has 0 bridgehead atoms. The van der Waals surface area contributed by atoms with Crippen LogP contribution in [0.25, 0.3) is 11.1 Å². The molecule has 2 aromatic rings. The van der Waals surface area contributed by atoms with Crippen molar-refractivity contribution in [1.82, 2.24) is 10.4 Å². The number of aryl methyl sites for hydroxylation is 1. The molecule has 0 atom stereocenters. The van der Waals surface area contributed by atoms with Crippen LogP contribution in [0.5, 0.6) is 0 Å². The predicted octanol–water partition coefficient (Wildman–Crippen LogP) is 1.53. The monoisotopic (exact) mass is 134 g/mol. The fourth-order valence-corrected chi connectivity index (χ4v) is 0.939. The van der Waals surface area contributed by atoms with Crippen LogP contribution in [0, 0.1) is 6.92 Å². The molecule has 3 heteroatoms. The number of benzene rings is 1. The Hall–Kier alpha value is -1.38. The zero-order valence-electron chi connectivity index (χ0n) is 5.53. The van der Waals surface area contributed by atoms with Crippen molar-refractivity contribution in [2.24, 2.45) is 0 Å². The number of fused-ring (bicyclic) bond motifs is 1. The van der Waals surface area contributed by atoms with E-state index in [1.165, 1.54) is 0 Å². The molecule has 1 aromatic heterocycles. The Morgan fingerprint density at radius 1 is 1.40 bits per heavy atom. The zero-order chi connectivity index (χ0) is 6.97. The Labute approximate surface area is 57.6 Å². The van der Waals surface area contributed by atoms with Gasteiger partial charge in [-0.3, -0.25) is 0 Å². The highest BCUT2D eigenvalue weighted by molar-refractivity contribution is 5.74. The molecule has 3 nitrogen and oxygen atoms in total. The van der Waals surface area contributed by atoms with Gasteiger partial charge in [0.1, 0.15) is 5.52 Å². The van der Waals surface area contributed by atoms with Crippen LogP contribution in [-0.2, 0) is 0 Å². The first kappa shape index (κ1) is 5.41. The summed E-state index contributed by atoms with van der Waals surface area (Å²) in [6, 6.07) is 5.75. The van der Waals surface area contributed by atoms with E-state index in [0.717, 1.165) is 16.7 Å². The van der Waals surface area contributed by atoms with E-state index in [4.69, 9.17) is 4.52 Å². The van der Waals surface area contributed by atoms with E-state index in [-0.39, 0.29) is 0 Å². The number of hydrogen-bond donors (Lipinski definition) is 0. The molecule has 1 aromatic carbocycles. The molecule has 2 rings (SSSR count).